The Labute approximate surface area is 135 Å². The van der Waals surface area contributed by atoms with Crippen LogP contribution in [0.1, 0.15) is 0 Å². The van der Waals surface area contributed by atoms with E-state index in [-0.39, 0.29) is 11.7 Å². The van der Waals surface area contributed by atoms with Crippen LogP contribution in [0.4, 0.5) is 0 Å². The first-order valence-corrected chi connectivity index (χ1v) is 7.11. The van der Waals surface area contributed by atoms with Gasteiger partial charge in [0.25, 0.3) is 0 Å². The van der Waals surface area contributed by atoms with Crippen molar-refractivity contribution in [3.05, 3.63) is 0 Å². The van der Waals surface area contributed by atoms with E-state index in [1.807, 2.05) is 0 Å². The van der Waals surface area contributed by atoms with Crippen molar-refractivity contribution < 1.29 is 0 Å². The number of alkyl halides is 6. The van der Waals surface area contributed by atoms with Gasteiger partial charge in [0.15, 0.2) is 0 Å². The van der Waals surface area contributed by atoms with Crippen molar-refractivity contribution in [1.29, 1.82) is 10.8 Å². The molecule has 0 amide bonds. The van der Waals surface area contributed by atoms with E-state index in [1.54, 1.807) is 9.80 Å². The van der Waals surface area contributed by atoms with Gasteiger partial charge < -0.3 is 9.80 Å². The molecule has 18 heavy (non-hydrogen) atoms. The molecule has 0 aromatic rings. The van der Waals surface area contributed by atoms with E-state index in [4.69, 9.17) is 80.4 Å². The molecule has 0 bridgehead atoms. The summed E-state index contributed by atoms with van der Waals surface area (Å²) >= 11 is 33.8. The summed E-state index contributed by atoms with van der Waals surface area (Å²) in [5, 5.41) is 15.4. The lowest BCUT2D eigenvalue weighted by molar-refractivity contribution is 0.252. The Morgan fingerprint density at radius 1 is 0.667 bits per heavy atom. The Balaban J connectivity index is 2.57. The average molecular weight is 375 g/mol. The van der Waals surface area contributed by atoms with E-state index in [1.165, 1.54) is 0 Å². The molecule has 0 saturated carbocycles. The summed E-state index contributed by atoms with van der Waals surface area (Å²) in [6.07, 6.45) is 0. The molecule has 0 radical (unpaired) electrons. The first-order chi connectivity index (χ1) is 8.03. The van der Waals surface area contributed by atoms with Gasteiger partial charge in [-0.05, 0) is 0 Å². The fraction of sp³-hybridized carbons (Fsp3) is 0.750. The summed E-state index contributed by atoms with van der Waals surface area (Å²) in [5.41, 5.74) is 0. The van der Waals surface area contributed by atoms with Crippen molar-refractivity contribution in [1.82, 2.24) is 9.80 Å². The maximum atomic E-state index is 7.71. The molecule has 104 valence electrons. The summed E-state index contributed by atoms with van der Waals surface area (Å²) < 4.78 is -3.49. The molecule has 0 aliphatic carbocycles. The number of hydrogen-bond acceptors (Lipinski definition) is 2. The third-order valence-electron chi connectivity index (χ3n) is 2.45. The summed E-state index contributed by atoms with van der Waals surface area (Å²) in [7, 11) is 0. The minimum atomic E-state index is -1.75. The normalized spacial score (nSPS) is 17.9. The van der Waals surface area contributed by atoms with Crippen molar-refractivity contribution in [3.8, 4) is 0 Å². The van der Waals surface area contributed by atoms with Crippen LogP contribution >= 0.6 is 69.6 Å². The van der Waals surface area contributed by atoms with E-state index < -0.39 is 7.59 Å². The zero-order valence-electron chi connectivity index (χ0n) is 8.99. The predicted octanol–water partition coefficient (Wildman–Crippen LogP) is 3.30. The highest BCUT2D eigenvalue weighted by Gasteiger charge is 2.36. The molecule has 1 fully saturated rings. The number of nitrogens with one attached hydrogen (secondary N) is 2. The van der Waals surface area contributed by atoms with Crippen molar-refractivity contribution in [3.63, 3.8) is 0 Å². The first kappa shape index (κ1) is 16.7. The van der Waals surface area contributed by atoms with Gasteiger partial charge in [0, 0.05) is 26.2 Å². The molecular formula is C8H10Cl6N4. The summed E-state index contributed by atoms with van der Waals surface area (Å²) in [6.45, 7) is 1.71. The third kappa shape index (κ3) is 4.36. The maximum absolute atomic E-state index is 7.71. The van der Waals surface area contributed by atoms with E-state index in [0.29, 0.717) is 26.2 Å². The highest BCUT2D eigenvalue weighted by atomic mass is 35.6. The lowest BCUT2D eigenvalue weighted by atomic mass is 10.3. The van der Waals surface area contributed by atoms with Crippen molar-refractivity contribution >= 4 is 81.3 Å². The molecule has 0 aromatic carbocycles. The largest absolute Gasteiger partial charge is 0.353 e. The van der Waals surface area contributed by atoms with Crippen LogP contribution in [0.2, 0.25) is 0 Å². The third-order valence-corrected chi connectivity index (χ3v) is 3.52. The molecule has 2 N–H and O–H groups in total. The van der Waals surface area contributed by atoms with Gasteiger partial charge in [0.1, 0.15) is 11.7 Å². The number of piperazine rings is 1. The topological polar surface area (TPSA) is 54.2 Å². The second kappa shape index (κ2) is 5.98. The molecule has 10 heteroatoms. The monoisotopic (exact) mass is 372 g/mol. The number of rotatable bonds is 0. The van der Waals surface area contributed by atoms with Crippen LogP contribution in [0.15, 0.2) is 0 Å². The smallest absolute Gasteiger partial charge is 0.247 e. The highest BCUT2D eigenvalue weighted by molar-refractivity contribution is 6.77. The van der Waals surface area contributed by atoms with Gasteiger partial charge in [-0.1, -0.05) is 69.6 Å². The van der Waals surface area contributed by atoms with Gasteiger partial charge in [-0.2, -0.15) is 0 Å². The molecular weight excluding hydrogens is 365 g/mol. The molecule has 1 heterocycles. The Kier molecular flexibility index (Phi) is 5.56. The van der Waals surface area contributed by atoms with Crippen molar-refractivity contribution in [2.45, 2.75) is 7.59 Å². The van der Waals surface area contributed by atoms with Crippen molar-refractivity contribution in [2.75, 3.05) is 26.2 Å². The molecule has 0 unspecified atom stereocenters. The zero-order valence-corrected chi connectivity index (χ0v) is 13.5. The molecule has 0 aromatic heterocycles. The Hall–Kier alpha value is 0.680. The fourth-order valence-corrected chi connectivity index (χ4v) is 2.23. The molecule has 1 aliphatic rings. The second-order valence-corrected chi connectivity index (χ2v) is 8.23. The van der Waals surface area contributed by atoms with Crippen LogP contribution < -0.4 is 0 Å². The SMILES string of the molecule is N=C(N1CCN(C(=N)C(Cl)(Cl)Cl)CC1)C(Cl)(Cl)Cl. The summed E-state index contributed by atoms with van der Waals surface area (Å²) in [6, 6.07) is 0. The minimum absolute atomic E-state index is 0.0902. The standard InChI is InChI=1S/C8H10Cl6N4/c9-7(10,11)5(15)17-1-2-18(4-3-17)6(16)8(12,13)14/h15-16H,1-4H2. The number of amidine groups is 2. The minimum Gasteiger partial charge on any atom is -0.353 e. The quantitative estimate of drug-likeness (QED) is 0.388. The Bertz CT molecular complexity index is 304. The maximum Gasteiger partial charge on any atom is 0.247 e. The van der Waals surface area contributed by atoms with Crippen LogP contribution in [0.3, 0.4) is 0 Å². The zero-order chi connectivity index (χ0) is 14.1. The summed E-state index contributed by atoms with van der Waals surface area (Å²) in [4.78, 5) is 3.24. The van der Waals surface area contributed by atoms with Crippen LogP contribution in [-0.2, 0) is 0 Å². The molecule has 4 nitrogen and oxygen atoms in total. The highest BCUT2D eigenvalue weighted by Crippen LogP contribution is 2.31. The predicted molar refractivity (Wildman–Crippen MR) is 79.2 cm³/mol. The van der Waals surface area contributed by atoms with Crippen molar-refractivity contribution in [2.24, 2.45) is 0 Å². The number of nitrogens with zero attached hydrogens (tertiary/aromatic N) is 2. The van der Waals surface area contributed by atoms with Gasteiger partial charge in [0.05, 0.1) is 0 Å². The first-order valence-electron chi connectivity index (χ1n) is 4.85. The van der Waals surface area contributed by atoms with Gasteiger partial charge >= 0.3 is 0 Å². The second-order valence-electron chi connectivity index (χ2n) is 3.67. The Morgan fingerprint density at radius 2 is 0.889 bits per heavy atom. The molecule has 1 saturated heterocycles. The molecule has 1 aliphatic heterocycles. The number of hydrogen-bond donors (Lipinski definition) is 2. The average Bonchev–Trinajstić information content (AvgIpc) is 2.25. The van der Waals surface area contributed by atoms with E-state index >= 15 is 0 Å². The van der Waals surface area contributed by atoms with E-state index in [2.05, 4.69) is 0 Å². The molecule has 0 atom stereocenters. The lowest BCUT2D eigenvalue weighted by Gasteiger charge is -2.39. The molecule has 1 rings (SSSR count). The summed E-state index contributed by atoms with van der Waals surface area (Å²) in [5.74, 6) is -0.180. The lowest BCUT2D eigenvalue weighted by Crippen LogP contribution is -2.54. The van der Waals surface area contributed by atoms with E-state index in [0.717, 1.165) is 0 Å². The van der Waals surface area contributed by atoms with Gasteiger partial charge in [-0.25, -0.2) is 0 Å². The van der Waals surface area contributed by atoms with Crippen LogP contribution in [0.25, 0.3) is 0 Å². The van der Waals surface area contributed by atoms with Gasteiger partial charge in [0.2, 0.25) is 7.59 Å². The van der Waals surface area contributed by atoms with Crippen LogP contribution in [-0.4, -0.2) is 55.2 Å². The number of halogens is 6. The van der Waals surface area contributed by atoms with Gasteiger partial charge in [-0.15, -0.1) is 0 Å². The molecule has 0 spiro atoms. The van der Waals surface area contributed by atoms with Crippen LogP contribution in [0, 0.1) is 10.8 Å². The van der Waals surface area contributed by atoms with E-state index in [9.17, 15) is 0 Å². The fourth-order valence-electron chi connectivity index (χ4n) is 1.51. The van der Waals surface area contributed by atoms with Gasteiger partial charge in [-0.3, -0.25) is 10.8 Å². The Morgan fingerprint density at radius 3 is 1.06 bits per heavy atom. The van der Waals surface area contributed by atoms with Crippen LogP contribution in [0.5, 0.6) is 0 Å².